The lowest BCUT2D eigenvalue weighted by molar-refractivity contribution is 0.243. The molecule has 1 fully saturated rings. The third-order valence-corrected chi connectivity index (χ3v) is 6.71. The van der Waals surface area contributed by atoms with Crippen LogP contribution < -0.4 is 10.9 Å². The quantitative estimate of drug-likeness (QED) is 0.783. The van der Waals surface area contributed by atoms with E-state index in [2.05, 4.69) is 0 Å². The Morgan fingerprint density at radius 1 is 1.22 bits per heavy atom. The minimum Gasteiger partial charge on any atom is -0.328 e. The Hall–Kier alpha value is -0.710. The van der Waals surface area contributed by atoms with E-state index in [9.17, 15) is 16.8 Å². The highest BCUT2D eigenvalue weighted by atomic mass is 35.5. The molecule has 1 saturated heterocycles. The van der Waals surface area contributed by atoms with Gasteiger partial charge < -0.3 is 5.73 Å². The smallest absolute Gasteiger partial charge is 0.243 e. The number of hydrogen-bond acceptors (Lipinski definition) is 5. The number of benzene rings is 1. The van der Waals surface area contributed by atoms with Crippen molar-refractivity contribution in [3.05, 3.63) is 24.3 Å². The maximum absolute atomic E-state index is 12.7. The number of piperidine rings is 1. The summed E-state index contributed by atoms with van der Waals surface area (Å²) in [6.45, 7) is 2.62. The zero-order chi connectivity index (χ0) is 16.5. The van der Waals surface area contributed by atoms with E-state index in [4.69, 9.17) is 10.9 Å². The van der Waals surface area contributed by atoms with Crippen LogP contribution in [0.25, 0.3) is 0 Å². The normalized spacial score (nSPS) is 21.4. The fourth-order valence-corrected chi connectivity index (χ4v) is 4.80. The molecule has 0 bridgehead atoms. The summed E-state index contributed by atoms with van der Waals surface area (Å²) in [7, 11) is -7.70. The molecule has 0 aliphatic carbocycles. The average Bonchev–Trinajstić information content (AvgIpc) is 2.46. The van der Waals surface area contributed by atoms with E-state index in [0.717, 1.165) is 18.9 Å². The fraction of sp³-hybridized carbons (Fsp3) is 0.538. The monoisotopic (exact) mass is 383 g/mol. The van der Waals surface area contributed by atoms with Crippen LogP contribution in [0.1, 0.15) is 19.8 Å². The van der Waals surface area contributed by atoms with Crippen molar-refractivity contribution in [1.29, 1.82) is 0 Å². The Balaban J connectivity index is 0.00000264. The molecule has 1 aromatic carbocycles. The minimum atomic E-state index is -3.94. The predicted molar refractivity (Wildman–Crippen MR) is 90.2 cm³/mol. The van der Waals surface area contributed by atoms with Crippen LogP contribution in [0.2, 0.25) is 0 Å². The molecule has 2 rings (SSSR count). The summed E-state index contributed by atoms with van der Waals surface area (Å²) in [6, 6.07) is 5.03. The highest BCUT2D eigenvalue weighted by molar-refractivity contribution is 7.90. The molecule has 0 saturated carbocycles. The molecular formula is C13H22ClN3O4S2. The SMILES string of the molecule is CC(N)C1CCCN(S(=O)(=O)c2cccc(S(N)(=O)=O)c2)C1.Cl. The predicted octanol–water partition coefficient (Wildman–Crippen LogP) is 0.504. The Morgan fingerprint density at radius 3 is 2.39 bits per heavy atom. The maximum atomic E-state index is 12.7. The average molecular weight is 384 g/mol. The first kappa shape index (κ1) is 20.3. The summed E-state index contributed by atoms with van der Waals surface area (Å²) in [4.78, 5) is -0.279. The van der Waals surface area contributed by atoms with E-state index in [-0.39, 0.29) is 34.2 Å². The first-order chi connectivity index (χ1) is 10.1. The second-order valence-corrected chi connectivity index (χ2v) is 9.14. The molecule has 23 heavy (non-hydrogen) atoms. The second-order valence-electron chi connectivity index (χ2n) is 5.64. The number of rotatable bonds is 4. The van der Waals surface area contributed by atoms with Crippen molar-refractivity contribution in [2.45, 2.75) is 35.6 Å². The van der Waals surface area contributed by atoms with Gasteiger partial charge in [-0.3, -0.25) is 0 Å². The molecule has 4 N–H and O–H groups in total. The molecular weight excluding hydrogens is 362 g/mol. The first-order valence-corrected chi connectivity index (χ1v) is 9.99. The topological polar surface area (TPSA) is 124 Å². The zero-order valence-electron chi connectivity index (χ0n) is 12.8. The van der Waals surface area contributed by atoms with Crippen LogP contribution in [-0.4, -0.2) is 40.3 Å². The molecule has 1 aliphatic rings. The standard InChI is InChI=1S/C13H21N3O4S2.ClH/c1-10(14)11-4-3-7-16(9-11)22(19,20)13-6-2-5-12(8-13)21(15,17)18;/h2,5-6,8,10-11H,3-4,7,9,14H2,1H3,(H2,15,17,18);1H. The summed E-state index contributed by atoms with van der Waals surface area (Å²) >= 11 is 0. The first-order valence-electron chi connectivity index (χ1n) is 7.01. The third kappa shape index (κ3) is 4.65. The largest absolute Gasteiger partial charge is 0.328 e. The minimum absolute atomic E-state index is 0. The van der Waals surface area contributed by atoms with Crippen LogP contribution >= 0.6 is 12.4 Å². The Bertz CT molecular complexity index is 750. The van der Waals surface area contributed by atoms with Crippen molar-refractivity contribution in [3.63, 3.8) is 0 Å². The van der Waals surface area contributed by atoms with Gasteiger partial charge >= 0.3 is 0 Å². The molecule has 7 nitrogen and oxygen atoms in total. The van der Waals surface area contributed by atoms with Gasteiger partial charge in [-0.15, -0.1) is 12.4 Å². The van der Waals surface area contributed by atoms with Gasteiger partial charge in [0.2, 0.25) is 20.0 Å². The number of nitrogens with two attached hydrogens (primary N) is 2. The molecule has 1 heterocycles. The number of sulfonamides is 2. The highest BCUT2D eigenvalue weighted by Crippen LogP contribution is 2.26. The molecule has 0 aromatic heterocycles. The van der Waals surface area contributed by atoms with Crippen molar-refractivity contribution in [2.24, 2.45) is 16.8 Å². The molecule has 1 aliphatic heterocycles. The van der Waals surface area contributed by atoms with Gasteiger partial charge in [-0.05, 0) is 43.9 Å². The van der Waals surface area contributed by atoms with E-state index in [1.807, 2.05) is 6.92 Å². The van der Waals surface area contributed by atoms with Crippen LogP contribution in [0.4, 0.5) is 0 Å². The van der Waals surface area contributed by atoms with Crippen molar-refractivity contribution in [1.82, 2.24) is 4.31 Å². The number of hydrogen-bond donors (Lipinski definition) is 2. The van der Waals surface area contributed by atoms with Gasteiger partial charge in [-0.1, -0.05) is 6.07 Å². The molecule has 1 aromatic rings. The summed E-state index contributed by atoms with van der Waals surface area (Å²) in [5.41, 5.74) is 5.88. The summed E-state index contributed by atoms with van der Waals surface area (Å²) in [5.74, 6) is 0.102. The lowest BCUT2D eigenvalue weighted by Gasteiger charge is -2.33. The number of halogens is 1. The van der Waals surface area contributed by atoms with E-state index >= 15 is 0 Å². The Labute approximate surface area is 143 Å². The van der Waals surface area contributed by atoms with Crippen LogP contribution in [0.5, 0.6) is 0 Å². The van der Waals surface area contributed by atoms with Crippen LogP contribution in [0, 0.1) is 5.92 Å². The summed E-state index contributed by atoms with van der Waals surface area (Å²) in [5, 5.41) is 5.06. The van der Waals surface area contributed by atoms with Crippen molar-refractivity contribution < 1.29 is 16.8 Å². The van der Waals surface area contributed by atoms with E-state index in [0.29, 0.717) is 13.1 Å². The molecule has 132 valence electrons. The molecule has 10 heteroatoms. The van der Waals surface area contributed by atoms with Crippen molar-refractivity contribution in [2.75, 3.05) is 13.1 Å². The Morgan fingerprint density at radius 2 is 1.83 bits per heavy atom. The number of nitrogens with zero attached hydrogens (tertiary/aromatic N) is 1. The van der Waals surface area contributed by atoms with Gasteiger partial charge in [0.1, 0.15) is 0 Å². The Kier molecular flexibility index (Phi) is 6.59. The molecule has 2 atom stereocenters. The third-order valence-electron chi connectivity index (χ3n) is 3.94. The fourth-order valence-electron chi connectivity index (χ4n) is 2.58. The lowest BCUT2D eigenvalue weighted by Crippen LogP contribution is -2.44. The number of primary sulfonamides is 1. The van der Waals surface area contributed by atoms with Crippen molar-refractivity contribution >= 4 is 32.5 Å². The van der Waals surface area contributed by atoms with Gasteiger partial charge in [0.05, 0.1) is 9.79 Å². The molecule has 0 spiro atoms. The van der Waals surface area contributed by atoms with Crippen LogP contribution in [0.15, 0.2) is 34.1 Å². The van der Waals surface area contributed by atoms with Gasteiger partial charge in [0, 0.05) is 19.1 Å². The van der Waals surface area contributed by atoms with Crippen molar-refractivity contribution in [3.8, 4) is 0 Å². The molecule has 2 unspecified atom stereocenters. The van der Waals surface area contributed by atoms with Gasteiger partial charge in [0.15, 0.2) is 0 Å². The van der Waals surface area contributed by atoms with Gasteiger partial charge in [0.25, 0.3) is 0 Å². The second kappa shape index (κ2) is 7.45. The van der Waals surface area contributed by atoms with Crippen LogP contribution in [-0.2, 0) is 20.0 Å². The lowest BCUT2D eigenvalue weighted by atomic mass is 9.93. The van der Waals surface area contributed by atoms with Gasteiger partial charge in [-0.25, -0.2) is 22.0 Å². The van der Waals surface area contributed by atoms with E-state index in [1.54, 1.807) is 0 Å². The molecule has 0 amide bonds. The molecule has 0 radical (unpaired) electrons. The van der Waals surface area contributed by atoms with Crippen LogP contribution in [0.3, 0.4) is 0 Å². The van der Waals surface area contributed by atoms with Gasteiger partial charge in [-0.2, -0.15) is 4.31 Å². The van der Waals surface area contributed by atoms with E-state index in [1.165, 1.54) is 22.5 Å². The summed E-state index contributed by atoms with van der Waals surface area (Å²) in [6.07, 6.45) is 1.63. The zero-order valence-corrected chi connectivity index (χ0v) is 15.2. The maximum Gasteiger partial charge on any atom is 0.243 e. The highest BCUT2D eigenvalue weighted by Gasteiger charge is 2.32. The summed E-state index contributed by atoms with van der Waals surface area (Å²) < 4.78 is 49.5. The van der Waals surface area contributed by atoms with E-state index < -0.39 is 20.0 Å².